The Kier molecular flexibility index (Phi) is 7.49. The highest BCUT2D eigenvalue weighted by atomic mass is 35.5. The standard InChI is InChI=1S/C22H18Cl2N4O4/c1-13-4-3-8-28-19(13)27-21(32-18-6-5-15(23)11-17(18)24)16(22(28)30)10-14(12-25)20(29)26-7-9-31-2/h3-6,8,10-11H,7,9H2,1-2H3,(H,26,29). The van der Waals surface area contributed by atoms with Gasteiger partial charge < -0.3 is 14.8 Å². The van der Waals surface area contributed by atoms with E-state index in [1.165, 1.54) is 23.6 Å². The maximum absolute atomic E-state index is 13.2. The number of nitrogens with zero attached hydrogens (tertiary/aromatic N) is 3. The molecule has 32 heavy (non-hydrogen) atoms. The van der Waals surface area contributed by atoms with Crippen LogP contribution in [0.1, 0.15) is 11.1 Å². The van der Waals surface area contributed by atoms with Gasteiger partial charge in [0.15, 0.2) is 0 Å². The van der Waals surface area contributed by atoms with Crippen LogP contribution in [0, 0.1) is 18.3 Å². The van der Waals surface area contributed by atoms with Crippen molar-refractivity contribution in [3.63, 3.8) is 0 Å². The first-order valence-corrected chi connectivity index (χ1v) is 10.1. The molecule has 0 fully saturated rings. The number of hydrogen-bond donors (Lipinski definition) is 1. The van der Waals surface area contributed by atoms with E-state index >= 15 is 0 Å². The molecule has 8 nitrogen and oxygen atoms in total. The zero-order valence-corrected chi connectivity index (χ0v) is 18.7. The van der Waals surface area contributed by atoms with Crippen molar-refractivity contribution < 1.29 is 14.3 Å². The van der Waals surface area contributed by atoms with Gasteiger partial charge in [-0.05, 0) is 42.8 Å². The first kappa shape index (κ1) is 23.3. The van der Waals surface area contributed by atoms with E-state index in [-0.39, 0.29) is 40.9 Å². The highest BCUT2D eigenvalue weighted by molar-refractivity contribution is 6.35. The minimum absolute atomic E-state index is 0.0856. The Morgan fingerprint density at radius 2 is 2.12 bits per heavy atom. The summed E-state index contributed by atoms with van der Waals surface area (Å²) in [5, 5.41) is 12.7. The number of amides is 1. The molecule has 2 heterocycles. The van der Waals surface area contributed by atoms with Crippen molar-refractivity contribution in [2.45, 2.75) is 6.92 Å². The van der Waals surface area contributed by atoms with E-state index in [0.29, 0.717) is 10.7 Å². The normalized spacial score (nSPS) is 11.3. The van der Waals surface area contributed by atoms with Gasteiger partial charge in [0, 0.05) is 24.9 Å². The fourth-order valence-electron chi connectivity index (χ4n) is 2.81. The summed E-state index contributed by atoms with van der Waals surface area (Å²) in [5.41, 5.74) is 0.191. The summed E-state index contributed by atoms with van der Waals surface area (Å²) in [6.45, 7) is 2.26. The molecule has 0 aliphatic heterocycles. The van der Waals surface area contributed by atoms with Crippen LogP contribution in [-0.2, 0) is 9.53 Å². The number of ether oxygens (including phenoxy) is 2. The molecule has 0 saturated heterocycles. The fourth-order valence-corrected chi connectivity index (χ4v) is 3.26. The van der Waals surface area contributed by atoms with E-state index in [1.54, 1.807) is 31.3 Å². The fraction of sp³-hybridized carbons (Fsp3) is 0.182. The third-order valence-electron chi connectivity index (χ3n) is 4.40. The van der Waals surface area contributed by atoms with Gasteiger partial charge in [-0.25, -0.2) is 0 Å². The molecule has 164 valence electrons. The smallest absolute Gasteiger partial charge is 0.269 e. The number of hydrogen-bond acceptors (Lipinski definition) is 6. The van der Waals surface area contributed by atoms with Crippen molar-refractivity contribution >= 4 is 40.8 Å². The highest BCUT2D eigenvalue weighted by Gasteiger charge is 2.18. The Balaban J connectivity index is 2.17. The summed E-state index contributed by atoms with van der Waals surface area (Å²) in [6, 6.07) is 9.88. The summed E-state index contributed by atoms with van der Waals surface area (Å²) in [5.74, 6) is -0.557. The first-order chi connectivity index (χ1) is 15.3. The maximum Gasteiger partial charge on any atom is 0.269 e. The number of nitrogens with one attached hydrogen (secondary N) is 1. The summed E-state index contributed by atoms with van der Waals surface area (Å²) in [4.78, 5) is 30.1. The van der Waals surface area contributed by atoms with Crippen LogP contribution in [0.2, 0.25) is 10.0 Å². The van der Waals surface area contributed by atoms with Crippen LogP contribution in [0.5, 0.6) is 11.6 Å². The van der Waals surface area contributed by atoms with E-state index in [9.17, 15) is 14.9 Å². The Morgan fingerprint density at radius 1 is 1.34 bits per heavy atom. The van der Waals surface area contributed by atoms with Crippen LogP contribution in [0.25, 0.3) is 11.7 Å². The molecule has 2 aromatic heterocycles. The minimum Gasteiger partial charge on any atom is -0.437 e. The molecule has 0 atom stereocenters. The minimum atomic E-state index is -0.659. The van der Waals surface area contributed by atoms with Gasteiger partial charge in [0.1, 0.15) is 28.6 Å². The third-order valence-corrected chi connectivity index (χ3v) is 4.93. The molecular formula is C22H18Cl2N4O4. The third kappa shape index (κ3) is 5.08. The van der Waals surface area contributed by atoms with Crippen molar-refractivity contribution in [1.82, 2.24) is 14.7 Å². The number of rotatable bonds is 7. The Morgan fingerprint density at radius 3 is 2.81 bits per heavy atom. The van der Waals surface area contributed by atoms with Crippen LogP contribution in [0.4, 0.5) is 0 Å². The molecule has 1 amide bonds. The predicted molar refractivity (Wildman–Crippen MR) is 121 cm³/mol. The van der Waals surface area contributed by atoms with Gasteiger partial charge in [-0.2, -0.15) is 10.2 Å². The zero-order valence-electron chi connectivity index (χ0n) is 17.2. The van der Waals surface area contributed by atoms with E-state index in [4.69, 9.17) is 32.7 Å². The SMILES string of the molecule is COCCNC(=O)C(C#N)=Cc1c(Oc2ccc(Cl)cc2Cl)nc2c(C)cccn2c1=O. The Bertz CT molecular complexity index is 1310. The second kappa shape index (κ2) is 10.3. The lowest BCUT2D eigenvalue weighted by Crippen LogP contribution is -2.28. The molecule has 3 aromatic rings. The number of benzene rings is 1. The topological polar surface area (TPSA) is 106 Å². The van der Waals surface area contributed by atoms with E-state index in [1.807, 2.05) is 6.07 Å². The van der Waals surface area contributed by atoms with Crippen LogP contribution in [-0.4, -0.2) is 35.6 Å². The number of pyridine rings is 1. The summed E-state index contributed by atoms with van der Waals surface area (Å²) < 4.78 is 12.0. The number of carbonyl (C=O) groups excluding carboxylic acids is 1. The second-order valence-electron chi connectivity index (χ2n) is 6.62. The number of fused-ring (bicyclic) bond motifs is 1. The van der Waals surface area contributed by atoms with E-state index < -0.39 is 11.5 Å². The van der Waals surface area contributed by atoms with Gasteiger partial charge in [0.2, 0.25) is 5.88 Å². The van der Waals surface area contributed by atoms with Gasteiger partial charge in [-0.15, -0.1) is 0 Å². The molecule has 10 heteroatoms. The second-order valence-corrected chi connectivity index (χ2v) is 7.46. The number of aromatic nitrogens is 2. The summed E-state index contributed by atoms with van der Waals surface area (Å²) in [7, 11) is 1.49. The average molecular weight is 473 g/mol. The lowest BCUT2D eigenvalue weighted by molar-refractivity contribution is -0.117. The zero-order chi connectivity index (χ0) is 23.3. The molecule has 0 spiro atoms. The number of carbonyl (C=O) groups is 1. The quantitative estimate of drug-likeness (QED) is 0.318. The molecule has 1 aromatic carbocycles. The van der Waals surface area contributed by atoms with Gasteiger partial charge in [-0.1, -0.05) is 29.3 Å². The Hall–Kier alpha value is -3.38. The van der Waals surface area contributed by atoms with Crippen molar-refractivity contribution in [2.75, 3.05) is 20.3 Å². The van der Waals surface area contributed by atoms with E-state index in [0.717, 1.165) is 11.6 Å². The molecule has 0 aliphatic rings. The number of aryl methyl sites for hydroxylation is 1. The lowest BCUT2D eigenvalue weighted by Gasteiger charge is -2.12. The largest absolute Gasteiger partial charge is 0.437 e. The van der Waals surface area contributed by atoms with Crippen LogP contribution < -0.4 is 15.6 Å². The molecule has 0 unspecified atom stereocenters. The summed E-state index contributed by atoms with van der Waals surface area (Å²) in [6.07, 6.45) is 2.68. The lowest BCUT2D eigenvalue weighted by atomic mass is 10.1. The average Bonchev–Trinajstić information content (AvgIpc) is 2.76. The van der Waals surface area contributed by atoms with Crippen LogP contribution in [0.15, 0.2) is 46.9 Å². The monoisotopic (exact) mass is 472 g/mol. The maximum atomic E-state index is 13.2. The number of methoxy groups -OCH3 is 1. The van der Waals surface area contributed by atoms with Gasteiger partial charge in [0.25, 0.3) is 11.5 Å². The van der Waals surface area contributed by atoms with Crippen molar-refractivity contribution in [1.29, 1.82) is 5.26 Å². The van der Waals surface area contributed by atoms with E-state index in [2.05, 4.69) is 10.3 Å². The van der Waals surface area contributed by atoms with Gasteiger partial charge >= 0.3 is 0 Å². The molecule has 3 rings (SSSR count). The van der Waals surface area contributed by atoms with Crippen LogP contribution >= 0.6 is 23.2 Å². The van der Waals surface area contributed by atoms with Crippen molar-refractivity contribution in [3.8, 4) is 17.7 Å². The molecule has 0 radical (unpaired) electrons. The highest BCUT2D eigenvalue weighted by Crippen LogP contribution is 2.32. The number of halogens is 2. The molecule has 0 bridgehead atoms. The Labute approximate surface area is 193 Å². The van der Waals surface area contributed by atoms with Crippen LogP contribution in [0.3, 0.4) is 0 Å². The molecular weight excluding hydrogens is 455 g/mol. The molecule has 0 aliphatic carbocycles. The first-order valence-electron chi connectivity index (χ1n) is 9.39. The summed E-state index contributed by atoms with van der Waals surface area (Å²) >= 11 is 12.2. The van der Waals surface area contributed by atoms with Gasteiger partial charge in [-0.3, -0.25) is 14.0 Å². The van der Waals surface area contributed by atoms with Crippen molar-refractivity contribution in [3.05, 3.63) is 73.6 Å². The predicted octanol–water partition coefficient (Wildman–Crippen LogP) is 3.77. The molecule has 0 saturated carbocycles. The molecule has 1 N–H and O–H groups in total. The number of nitriles is 1. The van der Waals surface area contributed by atoms with Crippen molar-refractivity contribution in [2.24, 2.45) is 0 Å². The van der Waals surface area contributed by atoms with Gasteiger partial charge in [0.05, 0.1) is 11.6 Å².